The van der Waals surface area contributed by atoms with Gasteiger partial charge >= 0.3 is 0 Å². The molecule has 2 aromatic carbocycles. The molecular formula is C22H23N3O2. The molecule has 1 amide bonds. The summed E-state index contributed by atoms with van der Waals surface area (Å²) in [7, 11) is 1.67. The van der Waals surface area contributed by atoms with Crippen LogP contribution in [0.1, 0.15) is 41.2 Å². The molecule has 0 bridgehead atoms. The normalized spacial score (nSPS) is 16.9. The lowest BCUT2D eigenvalue weighted by Gasteiger charge is -2.36. The van der Waals surface area contributed by atoms with E-state index in [1.165, 1.54) is 0 Å². The molecule has 0 saturated carbocycles. The van der Waals surface area contributed by atoms with Gasteiger partial charge in [0.2, 0.25) is 0 Å². The van der Waals surface area contributed by atoms with Crippen LogP contribution in [0.4, 0.5) is 0 Å². The predicted molar refractivity (Wildman–Crippen MR) is 105 cm³/mol. The number of nitrogens with one attached hydrogen (secondary N) is 1. The van der Waals surface area contributed by atoms with Gasteiger partial charge in [-0.2, -0.15) is 0 Å². The number of carbonyl (C=O) groups is 1. The smallest absolute Gasteiger partial charge is 0.254 e. The summed E-state index contributed by atoms with van der Waals surface area (Å²) >= 11 is 0. The number of carbonyl (C=O) groups excluding carboxylic acids is 1. The van der Waals surface area contributed by atoms with Crippen molar-refractivity contribution in [3.05, 3.63) is 72.1 Å². The number of imidazole rings is 1. The number of aromatic amines is 1. The number of H-pyrrole nitrogens is 1. The number of amides is 1. The zero-order chi connectivity index (χ0) is 18.6. The Kier molecular flexibility index (Phi) is 4.92. The highest BCUT2D eigenvalue weighted by Gasteiger charge is 2.29. The zero-order valence-electron chi connectivity index (χ0n) is 15.4. The van der Waals surface area contributed by atoms with Crippen molar-refractivity contribution in [3.63, 3.8) is 0 Å². The molecule has 1 aliphatic heterocycles. The van der Waals surface area contributed by atoms with E-state index in [2.05, 4.69) is 16.0 Å². The average molecular weight is 361 g/mol. The van der Waals surface area contributed by atoms with Crippen LogP contribution in [0.2, 0.25) is 0 Å². The van der Waals surface area contributed by atoms with Crippen molar-refractivity contribution >= 4 is 5.91 Å². The summed E-state index contributed by atoms with van der Waals surface area (Å²) in [5.74, 6) is 1.66. The molecule has 4 rings (SSSR count). The molecule has 1 fully saturated rings. The van der Waals surface area contributed by atoms with Gasteiger partial charge in [0.05, 0.1) is 13.2 Å². The lowest BCUT2D eigenvalue weighted by atomic mass is 9.94. The van der Waals surface area contributed by atoms with Gasteiger partial charge in [-0.15, -0.1) is 0 Å². The highest BCUT2D eigenvalue weighted by molar-refractivity contribution is 5.95. The Hall–Kier alpha value is -3.08. The first-order valence-electron chi connectivity index (χ1n) is 9.31. The lowest BCUT2D eigenvalue weighted by Crippen LogP contribution is -2.38. The highest BCUT2D eigenvalue weighted by Crippen LogP contribution is 2.34. The van der Waals surface area contributed by atoms with Crippen LogP contribution in [0.15, 0.2) is 60.9 Å². The molecule has 0 radical (unpaired) electrons. The number of nitrogens with zero attached hydrogens (tertiary/aromatic N) is 2. The largest absolute Gasteiger partial charge is 0.497 e. The van der Waals surface area contributed by atoms with E-state index in [1.807, 2.05) is 47.4 Å². The maximum absolute atomic E-state index is 13.3. The maximum atomic E-state index is 13.3. The van der Waals surface area contributed by atoms with E-state index in [0.717, 1.165) is 48.5 Å². The quantitative estimate of drug-likeness (QED) is 0.747. The Morgan fingerprint density at radius 1 is 1.19 bits per heavy atom. The number of rotatable bonds is 4. The van der Waals surface area contributed by atoms with Crippen LogP contribution in [-0.4, -0.2) is 34.4 Å². The van der Waals surface area contributed by atoms with Crippen molar-refractivity contribution in [2.75, 3.05) is 13.7 Å². The van der Waals surface area contributed by atoms with Gasteiger partial charge in [-0.1, -0.05) is 24.3 Å². The molecular weight excluding hydrogens is 338 g/mol. The second-order valence-corrected chi connectivity index (χ2v) is 6.81. The summed E-state index contributed by atoms with van der Waals surface area (Å²) in [6.45, 7) is 0.770. The number of ether oxygens (including phenoxy) is 1. The summed E-state index contributed by atoms with van der Waals surface area (Å²) in [5.41, 5.74) is 2.74. The van der Waals surface area contributed by atoms with E-state index in [9.17, 15) is 4.79 Å². The summed E-state index contributed by atoms with van der Waals surface area (Å²) in [5, 5.41) is 0. The van der Waals surface area contributed by atoms with Crippen molar-refractivity contribution in [1.82, 2.24) is 14.9 Å². The molecule has 1 atom stereocenters. The van der Waals surface area contributed by atoms with Gasteiger partial charge in [0.15, 0.2) is 0 Å². The van der Waals surface area contributed by atoms with Crippen molar-refractivity contribution < 1.29 is 9.53 Å². The van der Waals surface area contributed by atoms with Crippen LogP contribution in [0.3, 0.4) is 0 Å². The first-order valence-corrected chi connectivity index (χ1v) is 9.31. The Labute approximate surface area is 159 Å². The van der Waals surface area contributed by atoms with Gasteiger partial charge in [0.1, 0.15) is 11.6 Å². The van der Waals surface area contributed by atoms with E-state index in [1.54, 1.807) is 19.5 Å². The number of likely N-dealkylation sites (tertiary alicyclic amines) is 1. The molecule has 138 valence electrons. The number of hydrogen-bond donors (Lipinski definition) is 1. The Morgan fingerprint density at radius 2 is 2.07 bits per heavy atom. The van der Waals surface area contributed by atoms with E-state index >= 15 is 0 Å². The minimum Gasteiger partial charge on any atom is -0.497 e. The molecule has 3 aromatic rings. The fourth-order valence-corrected chi connectivity index (χ4v) is 3.76. The first kappa shape index (κ1) is 17.3. The third-order valence-electron chi connectivity index (χ3n) is 5.12. The van der Waals surface area contributed by atoms with Gasteiger partial charge in [0.25, 0.3) is 5.91 Å². The van der Waals surface area contributed by atoms with Gasteiger partial charge in [-0.05, 0) is 49.1 Å². The van der Waals surface area contributed by atoms with E-state index in [0.29, 0.717) is 5.56 Å². The molecule has 2 heterocycles. The molecule has 5 heteroatoms. The van der Waals surface area contributed by atoms with Gasteiger partial charge in [-0.3, -0.25) is 4.79 Å². The van der Waals surface area contributed by atoms with Crippen molar-refractivity contribution in [3.8, 4) is 17.1 Å². The van der Waals surface area contributed by atoms with Crippen LogP contribution >= 0.6 is 0 Å². The summed E-state index contributed by atoms with van der Waals surface area (Å²) < 4.78 is 5.37. The summed E-state index contributed by atoms with van der Waals surface area (Å²) in [6.07, 6.45) is 6.62. The highest BCUT2D eigenvalue weighted by atomic mass is 16.5. The van der Waals surface area contributed by atoms with Gasteiger partial charge in [0, 0.05) is 30.1 Å². The molecule has 0 aliphatic carbocycles. The number of aromatic nitrogens is 2. The van der Waals surface area contributed by atoms with Crippen molar-refractivity contribution in [2.24, 2.45) is 0 Å². The Bertz CT molecular complexity index is 921. The minimum absolute atomic E-state index is 0.0657. The fraction of sp³-hybridized carbons (Fsp3) is 0.273. The second-order valence-electron chi connectivity index (χ2n) is 6.81. The molecule has 1 aliphatic rings. The average Bonchev–Trinajstić information content (AvgIpc) is 3.28. The summed E-state index contributed by atoms with van der Waals surface area (Å²) in [6, 6.07) is 15.8. The topological polar surface area (TPSA) is 58.2 Å². The number of hydrogen-bond acceptors (Lipinski definition) is 3. The maximum Gasteiger partial charge on any atom is 0.254 e. The Morgan fingerprint density at radius 3 is 2.89 bits per heavy atom. The predicted octanol–water partition coefficient (Wildman–Crippen LogP) is 4.45. The SMILES string of the molecule is COc1cccc([C@H]2CCCCN2C(=O)c2cccc(-c3ncc[nH]3)c2)c1. The van der Waals surface area contributed by atoms with Crippen LogP contribution in [-0.2, 0) is 0 Å². The third-order valence-corrected chi connectivity index (χ3v) is 5.12. The van der Waals surface area contributed by atoms with E-state index in [4.69, 9.17) is 4.74 Å². The lowest BCUT2D eigenvalue weighted by molar-refractivity contribution is 0.0611. The van der Waals surface area contributed by atoms with Crippen LogP contribution in [0.25, 0.3) is 11.4 Å². The monoisotopic (exact) mass is 361 g/mol. The molecule has 1 N–H and O–H groups in total. The molecule has 0 unspecified atom stereocenters. The third kappa shape index (κ3) is 3.58. The number of benzene rings is 2. The first-order chi connectivity index (χ1) is 13.3. The molecule has 27 heavy (non-hydrogen) atoms. The molecule has 1 saturated heterocycles. The van der Waals surface area contributed by atoms with Crippen molar-refractivity contribution in [2.45, 2.75) is 25.3 Å². The zero-order valence-corrected chi connectivity index (χ0v) is 15.4. The minimum atomic E-state index is 0.0657. The second kappa shape index (κ2) is 7.66. The van der Waals surface area contributed by atoms with Crippen LogP contribution in [0, 0.1) is 0 Å². The van der Waals surface area contributed by atoms with Gasteiger partial charge < -0.3 is 14.6 Å². The van der Waals surface area contributed by atoms with Crippen LogP contribution in [0.5, 0.6) is 5.75 Å². The summed E-state index contributed by atoms with van der Waals surface area (Å²) in [4.78, 5) is 22.7. The van der Waals surface area contributed by atoms with Crippen molar-refractivity contribution in [1.29, 1.82) is 0 Å². The molecule has 1 aromatic heterocycles. The molecule has 5 nitrogen and oxygen atoms in total. The molecule has 0 spiro atoms. The Balaban J connectivity index is 1.64. The van der Waals surface area contributed by atoms with E-state index < -0.39 is 0 Å². The fourth-order valence-electron chi connectivity index (χ4n) is 3.76. The number of methoxy groups -OCH3 is 1. The van der Waals surface area contributed by atoms with Crippen LogP contribution < -0.4 is 4.74 Å². The van der Waals surface area contributed by atoms with E-state index in [-0.39, 0.29) is 11.9 Å². The standard InChI is InChI=1S/C22H23N3O2/c1-27-19-9-5-6-16(15-19)20-10-2-3-13-25(20)22(26)18-8-4-7-17(14-18)21-23-11-12-24-21/h4-9,11-12,14-15,20H,2-3,10,13H2,1H3,(H,23,24)/t20-/m1/s1. The number of piperidine rings is 1. The van der Waals surface area contributed by atoms with Gasteiger partial charge in [-0.25, -0.2) is 4.98 Å².